The summed E-state index contributed by atoms with van der Waals surface area (Å²) < 4.78 is 43.9. The molecule has 0 spiro atoms. The molecule has 1 atom stereocenters. The van der Waals surface area contributed by atoms with Crippen molar-refractivity contribution in [3.8, 4) is 6.07 Å². The van der Waals surface area contributed by atoms with E-state index in [0.717, 1.165) is 10.4 Å². The van der Waals surface area contributed by atoms with Crippen LogP contribution >= 0.6 is 11.6 Å². The zero-order valence-electron chi connectivity index (χ0n) is 10.4. The maximum absolute atomic E-state index is 13.1. The third-order valence-electron chi connectivity index (χ3n) is 2.92. The lowest BCUT2D eigenvalue weighted by atomic mass is 10.2. The Hall–Kier alpha value is -1.20. The smallest absolute Gasteiger partial charge is 0.219 e. The highest BCUT2D eigenvalue weighted by Gasteiger charge is 2.33. The molecular formula is C12H12ClFN2O3S. The predicted molar refractivity (Wildman–Crippen MR) is 71.0 cm³/mol. The molecule has 1 aliphatic rings. The van der Waals surface area contributed by atoms with Crippen molar-refractivity contribution in [1.82, 2.24) is 4.31 Å². The van der Waals surface area contributed by atoms with E-state index < -0.39 is 21.9 Å². The van der Waals surface area contributed by atoms with Crippen LogP contribution in [0.1, 0.15) is 5.56 Å². The van der Waals surface area contributed by atoms with Crippen molar-refractivity contribution in [2.45, 2.75) is 11.8 Å². The average Bonchev–Trinajstić information content (AvgIpc) is 2.42. The average molecular weight is 319 g/mol. The van der Waals surface area contributed by atoms with E-state index in [0.29, 0.717) is 5.56 Å². The molecule has 20 heavy (non-hydrogen) atoms. The Balaban J connectivity index is 2.22. The predicted octanol–water partition coefficient (Wildman–Crippen LogP) is 1.53. The maximum atomic E-state index is 13.1. The van der Waals surface area contributed by atoms with E-state index in [-0.39, 0.29) is 30.5 Å². The minimum Gasteiger partial charge on any atom is -0.377 e. The molecule has 1 heterocycles. The number of hydrogen-bond donors (Lipinski definition) is 0. The number of ether oxygens (including phenoxy) is 1. The summed E-state index contributed by atoms with van der Waals surface area (Å²) in [5, 5.41) is 8.84. The van der Waals surface area contributed by atoms with Crippen LogP contribution in [-0.4, -0.2) is 38.5 Å². The molecule has 1 fully saturated rings. The van der Waals surface area contributed by atoms with Gasteiger partial charge in [-0.25, -0.2) is 12.8 Å². The van der Waals surface area contributed by atoms with E-state index in [2.05, 4.69) is 0 Å². The molecule has 0 saturated carbocycles. The Bertz CT molecular complexity index is 645. The van der Waals surface area contributed by atoms with Gasteiger partial charge in [0.2, 0.25) is 10.0 Å². The van der Waals surface area contributed by atoms with Crippen LogP contribution in [0, 0.1) is 17.1 Å². The topological polar surface area (TPSA) is 70.4 Å². The number of rotatable bonds is 3. The summed E-state index contributed by atoms with van der Waals surface area (Å²) in [6, 6.07) is 4.83. The van der Waals surface area contributed by atoms with Gasteiger partial charge in [0.05, 0.1) is 30.1 Å². The van der Waals surface area contributed by atoms with Crippen LogP contribution in [0.3, 0.4) is 0 Å². The number of halogens is 2. The van der Waals surface area contributed by atoms with Gasteiger partial charge in [-0.15, -0.1) is 0 Å². The number of sulfonamides is 1. The monoisotopic (exact) mass is 318 g/mol. The molecule has 1 aliphatic heterocycles. The first-order valence-corrected chi connectivity index (χ1v) is 7.83. The normalized spacial score (nSPS) is 20.6. The summed E-state index contributed by atoms with van der Waals surface area (Å²) in [5.41, 5.74) is 0.375. The van der Waals surface area contributed by atoms with E-state index in [1.165, 1.54) is 12.1 Å². The molecule has 0 aromatic heterocycles. The fraction of sp³-hybridized carbons (Fsp3) is 0.417. The maximum Gasteiger partial charge on any atom is 0.219 e. The summed E-state index contributed by atoms with van der Waals surface area (Å²) in [7, 11) is -3.68. The number of hydrogen-bond acceptors (Lipinski definition) is 4. The molecule has 0 N–H and O–H groups in total. The van der Waals surface area contributed by atoms with E-state index in [9.17, 15) is 12.8 Å². The van der Waals surface area contributed by atoms with Crippen LogP contribution in [0.2, 0.25) is 5.02 Å². The largest absolute Gasteiger partial charge is 0.377 e. The Morgan fingerprint density at radius 3 is 2.95 bits per heavy atom. The van der Waals surface area contributed by atoms with Crippen LogP contribution in [0.5, 0.6) is 0 Å². The van der Waals surface area contributed by atoms with Crippen molar-refractivity contribution in [1.29, 1.82) is 5.26 Å². The zero-order chi connectivity index (χ0) is 14.8. The molecule has 0 aliphatic carbocycles. The van der Waals surface area contributed by atoms with Gasteiger partial charge in [-0.05, 0) is 17.7 Å². The molecule has 2 rings (SSSR count). The van der Waals surface area contributed by atoms with Crippen molar-refractivity contribution in [3.05, 3.63) is 34.6 Å². The second-order valence-corrected chi connectivity index (χ2v) is 6.66. The van der Waals surface area contributed by atoms with Gasteiger partial charge in [-0.1, -0.05) is 17.7 Å². The second-order valence-electron chi connectivity index (χ2n) is 4.34. The summed E-state index contributed by atoms with van der Waals surface area (Å²) >= 11 is 5.63. The van der Waals surface area contributed by atoms with Crippen molar-refractivity contribution >= 4 is 21.6 Å². The lowest BCUT2D eigenvalue weighted by molar-refractivity contribution is 0.0511. The summed E-state index contributed by atoms with van der Waals surface area (Å²) in [5.74, 6) is -0.931. The van der Waals surface area contributed by atoms with Crippen LogP contribution in [0.25, 0.3) is 0 Å². The molecule has 8 heteroatoms. The second kappa shape index (κ2) is 6.06. The minimum atomic E-state index is -3.68. The number of nitriles is 1. The number of nitrogens with zero attached hydrogens (tertiary/aromatic N) is 2. The fourth-order valence-corrected chi connectivity index (χ4v) is 3.76. The molecule has 0 bridgehead atoms. The van der Waals surface area contributed by atoms with E-state index in [4.69, 9.17) is 21.6 Å². The SMILES string of the molecule is N#C[C@H]1COCCN1S(=O)(=O)Cc1ccc(F)c(Cl)c1. The van der Waals surface area contributed by atoms with E-state index in [1.54, 1.807) is 0 Å². The van der Waals surface area contributed by atoms with Crippen LogP contribution in [0.15, 0.2) is 18.2 Å². The third kappa shape index (κ3) is 3.27. The lowest BCUT2D eigenvalue weighted by Gasteiger charge is -2.30. The van der Waals surface area contributed by atoms with Gasteiger partial charge in [0.25, 0.3) is 0 Å². The highest BCUT2D eigenvalue weighted by atomic mass is 35.5. The molecule has 108 valence electrons. The fourth-order valence-electron chi connectivity index (χ4n) is 1.95. The first kappa shape index (κ1) is 15.2. The third-order valence-corrected chi connectivity index (χ3v) is 5.06. The van der Waals surface area contributed by atoms with Gasteiger partial charge >= 0.3 is 0 Å². The molecule has 0 amide bonds. The zero-order valence-corrected chi connectivity index (χ0v) is 12.0. The van der Waals surface area contributed by atoms with Crippen molar-refractivity contribution in [2.24, 2.45) is 0 Å². The standard InChI is InChI=1S/C12H12ClFN2O3S/c13-11-5-9(1-2-12(11)14)8-20(17,18)16-3-4-19-7-10(16)6-15/h1-2,5,10H,3-4,7-8H2/t10-/m0/s1. The molecule has 5 nitrogen and oxygen atoms in total. The van der Waals surface area contributed by atoms with Gasteiger partial charge in [0, 0.05) is 6.54 Å². The van der Waals surface area contributed by atoms with E-state index in [1.807, 2.05) is 6.07 Å². The Labute approximate surface area is 121 Å². The van der Waals surface area contributed by atoms with Gasteiger partial charge in [-0.3, -0.25) is 0 Å². The lowest BCUT2D eigenvalue weighted by Crippen LogP contribution is -2.48. The van der Waals surface area contributed by atoms with E-state index >= 15 is 0 Å². The quantitative estimate of drug-likeness (QED) is 0.847. The summed E-state index contributed by atoms with van der Waals surface area (Å²) in [6.45, 7) is 0.441. The van der Waals surface area contributed by atoms with Crippen molar-refractivity contribution in [3.63, 3.8) is 0 Å². The summed E-state index contributed by atoms with van der Waals surface area (Å²) in [4.78, 5) is 0. The highest BCUT2D eigenvalue weighted by Crippen LogP contribution is 2.20. The number of benzene rings is 1. The molecule has 1 saturated heterocycles. The van der Waals surface area contributed by atoms with Gasteiger partial charge in [0.15, 0.2) is 0 Å². The van der Waals surface area contributed by atoms with Gasteiger partial charge in [-0.2, -0.15) is 9.57 Å². The van der Waals surface area contributed by atoms with Gasteiger partial charge in [0.1, 0.15) is 11.9 Å². The summed E-state index contributed by atoms with van der Waals surface area (Å²) in [6.07, 6.45) is 0. The minimum absolute atomic E-state index is 0.0555. The van der Waals surface area contributed by atoms with Gasteiger partial charge < -0.3 is 4.74 Å². The molecular weight excluding hydrogens is 307 g/mol. The highest BCUT2D eigenvalue weighted by molar-refractivity contribution is 7.88. The van der Waals surface area contributed by atoms with Crippen molar-refractivity contribution in [2.75, 3.05) is 19.8 Å². The molecule has 0 radical (unpaired) electrons. The van der Waals surface area contributed by atoms with Crippen LogP contribution in [0.4, 0.5) is 4.39 Å². The molecule has 1 aromatic carbocycles. The van der Waals surface area contributed by atoms with Crippen molar-refractivity contribution < 1.29 is 17.5 Å². The van der Waals surface area contributed by atoms with Crippen LogP contribution < -0.4 is 0 Å². The first-order valence-electron chi connectivity index (χ1n) is 5.85. The number of morpholine rings is 1. The molecule has 1 aromatic rings. The van der Waals surface area contributed by atoms with Crippen LogP contribution in [-0.2, 0) is 20.5 Å². The Morgan fingerprint density at radius 1 is 1.55 bits per heavy atom. The molecule has 0 unspecified atom stereocenters. The first-order chi connectivity index (χ1) is 9.44. The Morgan fingerprint density at radius 2 is 2.30 bits per heavy atom. The Kier molecular flexibility index (Phi) is 4.60.